The number of H-pyrrole nitrogens is 1. The largest absolute Gasteiger partial charge is 0.471 e. The van der Waals surface area contributed by atoms with Crippen molar-refractivity contribution in [2.45, 2.75) is 37.1 Å². The lowest BCUT2D eigenvalue weighted by Crippen LogP contribution is -2.39. The Morgan fingerprint density at radius 1 is 1.38 bits per heavy atom. The number of amides is 1. The van der Waals surface area contributed by atoms with Gasteiger partial charge in [0, 0.05) is 18.8 Å². The van der Waals surface area contributed by atoms with Crippen LogP contribution in [0.1, 0.15) is 12.6 Å². The molecule has 29 heavy (non-hydrogen) atoms. The fourth-order valence-electron chi connectivity index (χ4n) is 2.56. The molecule has 4 atom stereocenters. The van der Waals surface area contributed by atoms with Gasteiger partial charge in [-0.2, -0.15) is 13.2 Å². The van der Waals surface area contributed by atoms with Gasteiger partial charge in [-0.25, -0.2) is 4.79 Å². The van der Waals surface area contributed by atoms with Crippen molar-refractivity contribution in [2.24, 2.45) is 0 Å². The number of aliphatic hydroxyl groups excluding tert-OH is 2. The number of nitrogens with one attached hydrogen (secondary N) is 2. The lowest BCUT2D eigenvalue weighted by molar-refractivity contribution is -0.173. The van der Waals surface area contributed by atoms with Gasteiger partial charge in [0.15, 0.2) is 6.23 Å². The first-order valence-corrected chi connectivity index (χ1v) is 8.45. The minimum Gasteiger partial charge on any atom is -0.394 e. The smallest absolute Gasteiger partial charge is 0.394 e. The number of aliphatic hydroxyl groups is 2. The van der Waals surface area contributed by atoms with E-state index in [2.05, 4.69) is 0 Å². The van der Waals surface area contributed by atoms with E-state index in [1.165, 1.54) is 0 Å². The lowest BCUT2D eigenvalue weighted by Gasteiger charge is -2.22. The number of alkyl halides is 3. The average molecular weight is 427 g/mol. The number of halogens is 3. The number of nitrogens with zero attached hydrogens (tertiary/aromatic N) is 1. The van der Waals surface area contributed by atoms with Gasteiger partial charge in [-0.3, -0.25) is 19.1 Å². The molecule has 0 bridgehead atoms. The van der Waals surface area contributed by atoms with Crippen molar-refractivity contribution in [3.8, 4) is 0 Å². The van der Waals surface area contributed by atoms with Crippen LogP contribution in [0.3, 0.4) is 0 Å². The van der Waals surface area contributed by atoms with Gasteiger partial charge in [-0.15, -0.1) is 0 Å². The molecule has 1 amide bonds. The Labute approximate surface area is 161 Å². The van der Waals surface area contributed by atoms with E-state index in [0.717, 1.165) is 16.8 Å². The van der Waals surface area contributed by atoms with Crippen LogP contribution in [-0.4, -0.2) is 76.7 Å². The quantitative estimate of drug-likeness (QED) is 0.267. The van der Waals surface area contributed by atoms with Gasteiger partial charge in [0.25, 0.3) is 5.56 Å². The predicted octanol–water partition coefficient (Wildman–Crippen LogP) is -1.78. The monoisotopic (exact) mass is 427 g/mol. The van der Waals surface area contributed by atoms with Crippen LogP contribution >= 0.6 is 0 Å². The maximum absolute atomic E-state index is 12.0. The van der Waals surface area contributed by atoms with Crippen LogP contribution in [0.25, 0.3) is 0 Å². The Bertz CT molecular complexity index is 796. The summed E-state index contributed by atoms with van der Waals surface area (Å²) in [6, 6.07) is 1.06. The standard InChI is InChI=1S/C15H20F3N3O8/c16-15(17,18)13(25)19-3-1-5-27-7-28-11-10(24)8(6-22)29-12(11)21-4-2-9(23)20-14(21)26/h2,4,8,10-12,22,24H,1,3,5-7H2,(H,19,25)(H,20,23,26)/t8-,10-,11-,12-/m1/s1. The second kappa shape index (κ2) is 9.98. The Balaban J connectivity index is 1.84. The van der Waals surface area contributed by atoms with E-state index in [4.69, 9.17) is 14.2 Å². The molecule has 0 unspecified atom stereocenters. The van der Waals surface area contributed by atoms with Crippen molar-refractivity contribution in [3.63, 3.8) is 0 Å². The van der Waals surface area contributed by atoms with E-state index in [1.54, 1.807) is 5.32 Å². The molecule has 11 nitrogen and oxygen atoms in total. The number of rotatable bonds is 9. The van der Waals surface area contributed by atoms with Gasteiger partial charge in [0.2, 0.25) is 0 Å². The second-order valence-electron chi connectivity index (χ2n) is 6.02. The van der Waals surface area contributed by atoms with Crippen LogP contribution in [0, 0.1) is 0 Å². The molecule has 0 aromatic carbocycles. The summed E-state index contributed by atoms with van der Waals surface area (Å²) >= 11 is 0. The van der Waals surface area contributed by atoms with E-state index in [9.17, 15) is 37.8 Å². The first kappa shape index (κ1) is 23.0. The molecule has 0 spiro atoms. The molecule has 2 rings (SSSR count). The first-order chi connectivity index (χ1) is 13.6. The van der Waals surface area contributed by atoms with Crippen LogP contribution in [0.15, 0.2) is 21.9 Å². The lowest BCUT2D eigenvalue weighted by atomic mass is 10.1. The first-order valence-electron chi connectivity index (χ1n) is 8.45. The van der Waals surface area contributed by atoms with E-state index in [-0.39, 0.29) is 19.6 Å². The van der Waals surface area contributed by atoms with Crippen LogP contribution in [-0.2, 0) is 19.0 Å². The minimum atomic E-state index is -4.96. The predicted molar refractivity (Wildman–Crippen MR) is 87.7 cm³/mol. The summed E-state index contributed by atoms with van der Waals surface area (Å²) in [6.07, 6.45) is -8.43. The number of aromatic nitrogens is 2. The van der Waals surface area contributed by atoms with Crippen LogP contribution in [0.4, 0.5) is 13.2 Å². The maximum Gasteiger partial charge on any atom is 0.471 e. The highest BCUT2D eigenvalue weighted by atomic mass is 19.4. The molecule has 164 valence electrons. The Kier molecular flexibility index (Phi) is 7.92. The van der Waals surface area contributed by atoms with Crippen molar-refractivity contribution in [1.29, 1.82) is 0 Å². The van der Waals surface area contributed by atoms with Gasteiger partial charge in [0.05, 0.1) is 13.2 Å². The molecule has 4 N–H and O–H groups in total. The van der Waals surface area contributed by atoms with Gasteiger partial charge in [-0.05, 0) is 6.42 Å². The van der Waals surface area contributed by atoms with Gasteiger partial charge >= 0.3 is 17.8 Å². The Hall–Kier alpha value is -2.26. The third-order valence-corrected chi connectivity index (χ3v) is 3.97. The summed E-state index contributed by atoms with van der Waals surface area (Å²) in [5.41, 5.74) is -1.45. The average Bonchev–Trinajstić information content (AvgIpc) is 2.95. The van der Waals surface area contributed by atoms with Crippen molar-refractivity contribution in [3.05, 3.63) is 33.1 Å². The SMILES string of the molecule is O=C(NCCCOCO[C@@H]1[C@H](O)[C@@H](CO)O[C@H]1n1ccc(=O)[nH]c1=O)C(F)(F)F. The molecule has 1 aliphatic rings. The molecular weight excluding hydrogens is 407 g/mol. The number of carbonyl (C=O) groups is 1. The number of hydrogen-bond donors (Lipinski definition) is 4. The fraction of sp³-hybridized carbons (Fsp3) is 0.667. The molecule has 1 aromatic heterocycles. The van der Waals surface area contributed by atoms with Crippen molar-refractivity contribution >= 4 is 5.91 Å². The molecule has 1 saturated heterocycles. The van der Waals surface area contributed by atoms with Crippen LogP contribution in [0.2, 0.25) is 0 Å². The topological polar surface area (TPSA) is 152 Å². The van der Waals surface area contributed by atoms with E-state index in [0.29, 0.717) is 0 Å². The van der Waals surface area contributed by atoms with E-state index < -0.39 is 61.3 Å². The molecule has 2 heterocycles. The number of aromatic amines is 1. The highest BCUT2D eigenvalue weighted by Crippen LogP contribution is 2.30. The van der Waals surface area contributed by atoms with Crippen molar-refractivity contribution in [1.82, 2.24) is 14.9 Å². The zero-order valence-electron chi connectivity index (χ0n) is 14.9. The highest BCUT2D eigenvalue weighted by molar-refractivity contribution is 5.81. The third kappa shape index (κ3) is 6.11. The fourth-order valence-corrected chi connectivity index (χ4v) is 2.56. The summed E-state index contributed by atoms with van der Waals surface area (Å²) in [4.78, 5) is 35.8. The molecule has 14 heteroatoms. The Morgan fingerprint density at radius 3 is 2.72 bits per heavy atom. The third-order valence-electron chi connectivity index (χ3n) is 3.97. The van der Waals surface area contributed by atoms with Crippen LogP contribution < -0.4 is 16.6 Å². The zero-order chi connectivity index (χ0) is 21.6. The summed E-state index contributed by atoms with van der Waals surface area (Å²) < 4.78 is 52.9. The molecule has 1 fully saturated rings. The summed E-state index contributed by atoms with van der Waals surface area (Å²) in [5, 5.41) is 21.1. The summed E-state index contributed by atoms with van der Waals surface area (Å²) in [7, 11) is 0. The zero-order valence-corrected chi connectivity index (χ0v) is 14.9. The minimum absolute atomic E-state index is 0.0610. The van der Waals surface area contributed by atoms with Gasteiger partial charge in [-0.1, -0.05) is 0 Å². The second-order valence-corrected chi connectivity index (χ2v) is 6.02. The van der Waals surface area contributed by atoms with Crippen LogP contribution in [0.5, 0.6) is 0 Å². The molecular formula is C15H20F3N3O8. The summed E-state index contributed by atoms with van der Waals surface area (Å²) in [5.74, 6) is -2.05. The molecule has 0 aliphatic carbocycles. The van der Waals surface area contributed by atoms with Crippen molar-refractivity contribution in [2.75, 3.05) is 26.6 Å². The molecule has 1 aromatic rings. The van der Waals surface area contributed by atoms with E-state index >= 15 is 0 Å². The number of carbonyl (C=O) groups excluding carboxylic acids is 1. The van der Waals surface area contributed by atoms with Gasteiger partial charge < -0.3 is 29.7 Å². The molecule has 0 radical (unpaired) electrons. The van der Waals surface area contributed by atoms with Crippen molar-refractivity contribution < 1.29 is 42.4 Å². The molecule has 0 saturated carbocycles. The number of hydrogen-bond acceptors (Lipinski definition) is 8. The number of ether oxygens (including phenoxy) is 3. The normalized spacial score (nSPS) is 24.6. The van der Waals surface area contributed by atoms with E-state index in [1.807, 2.05) is 4.98 Å². The highest BCUT2D eigenvalue weighted by Gasteiger charge is 2.45. The Morgan fingerprint density at radius 2 is 2.10 bits per heavy atom. The molecule has 1 aliphatic heterocycles. The summed E-state index contributed by atoms with van der Waals surface area (Å²) in [6.45, 7) is -1.30. The maximum atomic E-state index is 12.0. The van der Waals surface area contributed by atoms with Gasteiger partial charge in [0.1, 0.15) is 25.1 Å².